The largest absolute Gasteiger partial charge is 0.380 e. The van der Waals surface area contributed by atoms with Gasteiger partial charge in [0.1, 0.15) is 0 Å². The smallest absolute Gasteiger partial charge is 0.0616 e. The molecule has 0 spiro atoms. The van der Waals surface area contributed by atoms with Crippen LogP contribution in [0.15, 0.2) is 0 Å². The third-order valence-electron chi connectivity index (χ3n) is 2.45. The molecule has 0 aromatic carbocycles. The quantitative estimate of drug-likeness (QED) is 0.682. The lowest BCUT2D eigenvalue weighted by molar-refractivity contribution is 0.123. The fourth-order valence-electron chi connectivity index (χ4n) is 1.84. The first kappa shape index (κ1) is 10.0. The van der Waals surface area contributed by atoms with Gasteiger partial charge >= 0.3 is 0 Å². The second kappa shape index (κ2) is 5.55. The van der Waals surface area contributed by atoms with Crippen molar-refractivity contribution >= 4 is 0 Å². The lowest BCUT2D eigenvalue weighted by Crippen LogP contribution is -2.37. The highest BCUT2D eigenvalue weighted by Gasteiger charge is 2.16. The summed E-state index contributed by atoms with van der Waals surface area (Å²) < 4.78 is 5.34. The molecule has 1 aliphatic carbocycles. The monoisotopic (exact) mass is 171 g/mol. The van der Waals surface area contributed by atoms with E-state index in [-0.39, 0.29) is 0 Å². The summed E-state index contributed by atoms with van der Waals surface area (Å²) in [7, 11) is 0. The molecule has 1 unspecified atom stereocenters. The summed E-state index contributed by atoms with van der Waals surface area (Å²) in [5, 5.41) is 3.59. The van der Waals surface area contributed by atoms with Crippen molar-refractivity contribution in [1.82, 2.24) is 5.32 Å². The van der Waals surface area contributed by atoms with Gasteiger partial charge in [-0.2, -0.15) is 0 Å². The van der Waals surface area contributed by atoms with Crippen molar-refractivity contribution in [3.63, 3.8) is 0 Å². The lowest BCUT2D eigenvalue weighted by atomic mass is 10.2. The predicted molar refractivity (Wildman–Crippen MR) is 51.3 cm³/mol. The Hall–Kier alpha value is -0.0800. The Morgan fingerprint density at radius 2 is 2.08 bits per heavy atom. The van der Waals surface area contributed by atoms with Crippen molar-refractivity contribution in [2.75, 3.05) is 13.2 Å². The maximum atomic E-state index is 5.34. The van der Waals surface area contributed by atoms with Gasteiger partial charge in [0, 0.05) is 18.7 Å². The summed E-state index contributed by atoms with van der Waals surface area (Å²) in [6.45, 7) is 5.93. The molecule has 0 radical (unpaired) electrons. The highest BCUT2D eigenvalue weighted by molar-refractivity contribution is 4.76. The van der Waals surface area contributed by atoms with Crippen LogP contribution in [0, 0.1) is 0 Å². The van der Waals surface area contributed by atoms with E-state index in [0.29, 0.717) is 6.04 Å². The molecule has 0 heterocycles. The molecular weight excluding hydrogens is 150 g/mol. The third-order valence-corrected chi connectivity index (χ3v) is 2.45. The van der Waals surface area contributed by atoms with Gasteiger partial charge in [-0.25, -0.2) is 0 Å². The van der Waals surface area contributed by atoms with E-state index in [2.05, 4.69) is 12.2 Å². The number of hydrogen-bond acceptors (Lipinski definition) is 2. The Morgan fingerprint density at radius 1 is 1.42 bits per heavy atom. The SMILES string of the molecule is CCOCC(C)NC1CCCC1. The van der Waals surface area contributed by atoms with Crippen LogP contribution in [-0.2, 0) is 4.74 Å². The van der Waals surface area contributed by atoms with Crippen molar-refractivity contribution in [3.05, 3.63) is 0 Å². The fourth-order valence-corrected chi connectivity index (χ4v) is 1.84. The van der Waals surface area contributed by atoms with Crippen LogP contribution < -0.4 is 5.32 Å². The van der Waals surface area contributed by atoms with Crippen LogP contribution >= 0.6 is 0 Å². The molecule has 0 saturated heterocycles. The standard InChI is InChI=1S/C10H21NO/c1-3-12-8-9(2)11-10-6-4-5-7-10/h9-11H,3-8H2,1-2H3. The Bertz CT molecular complexity index is 110. The molecule has 1 aliphatic rings. The highest BCUT2D eigenvalue weighted by atomic mass is 16.5. The van der Waals surface area contributed by atoms with Crippen LogP contribution in [0.3, 0.4) is 0 Å². The molecule has 1 N–H and O–H groups in total. The van der Waals surface area contributed by atoms with Gasteiger partial charge in [0.25, 0.3) is 0 Å². The zero-order valence-electron chi connectivity index (χ0n) is 8.31. The van der Waals surface area contributed by atoms with E-state index >= 15 is 0 Å². The first-order valence-corrected chi connectivity index (χ1v) is 5.16. The molecule has 1 atom stereocenters. The van der Waals surface area contributed by atoms with Crippen LogP contribution in [0.2, 0.25) is 0 Å². The molecule has 2 heteroatoms. The highest BCUT2D eigenvalue weighted by Crippen LogP contribution is 2.17. The number of ether oxygens (including phenoxy) is 1. The second-order valence-electron chi connectivity index (χ2n) is 3.71. The van der Waals surface area contributed by atoms with E-state index in [1.807, 2.05) is 6.92 Å². The number of rotatable bonds is 5. The summed E-state index contributed by atoms with van der Waals surface area (Å²) in [6, 6.07) is 1.29. The summed E-state index contributed by atoms with van der Waals surface area (Å²) in [6.07, 6.45) is 5.52. The summed E-state index contributed by atoms with van der Waals surface area (Å²) in [5.41, 5.74) is 0. The molecule has 72 valence electrons. The van der Waals surface area contributed by atoms with Gasteiger partial charge in [-0.3, -0.25) is 0 Å². The third kappa shape index (κ3) is 3.55. The normalized spacial score (nSPS) is 21.5. The molecule has 0 aromatic heterocycles. The Balaban J connectivity index is 2.03. The van der Waals surface area contributed by atoms with Gasteiger partial charge < -0.3 is 10.1 Å². The average Bonchev–Trinajstić information content (AvgIpc) is 2.53. The van der Waals surface area contributed by atoms with Crippen molar-refractivity contribution in [1.29, 1.82) is 0 Å². The van der Waals surface area contributed by atoms with Gasteiger partial charge in [-0.05, 0) is 26.7 Å². The molecule has 0 aliphatic heterocycles. The molecule has 0 aromatic rings. The lowest BCUT2D eigenvalue weighted by Gasteiger charge is -2.18. The van der Waals surface area contributed by atoms with Crippen LogP contribution in [0.4, 0.5) is 0 Å². The molecular formula is C10H21NO. The fraction of sp³-hybridized carbons (Fsp3) is 1.00. The van der Waals surface area contributed by atoms with E-state index in [0.717, 1.165) is 19.3 Å². The topological polar surface area (TPSA) is 21.3 Å². The zero-order valence-corrected chi connectivity index (χ0v) is 8.31. The van der Waals surface area contributed by atoms with Gasteiger partial charge in [0.05, 0.1) is 6.61 Å². The molecule has 0 amide bonds. The van der Waals surface area contributed by atoms with Gasteiger partial charge in [0.15, 0.2) is 0 Å². The van der Waals surface area contributed by atoms with Gasteiger partial charge in [0.2, 0.25) is 0 Å². The molecule has 1 fully saturated rings. The maximum absolute atomic E-state index is 5.34. The van der Waals surface area contributed by atoms with E-state index in [4.69, 9.17) is 4.74 Å². The van der Waals surface area contributed by atoms with Gasteiger partial charge in [-0.1, -0.05) is 12.8 Å². The average molecular weight is 171 g/mol. The molecule has 1 saturated carbocycles. The zero-order chi connectivity index (χ0) is 8.81. The van der Waals surface area contributed by atoms with Crippen LogP contribution in [0.1, 0.15) is 39.5 Å². The van der Waals surface area contributed by atoms with Crippen molar-refractivity contribution < 1.29 is 4.74 Å². The van der Waals surface area contributed by atoms with E-state index in [1.165, 1.54) is 25.7 Å². The molecule has 0 bridgehead atoms. The molecule has 2 nitrogen and oxygen atoms in total. The number of hydrogen-bond donors (Lipinski definition) is 1. The maximum Gasteiger partial charge on any atom is 0.0616 e. The van der Waals surface area contributed by atoms with Crippen LogP contribution in [-0.4, -0.2) is 25.3 Å². The summed E-state index contributed by atoms with van der Waals surface area (Å²) in [4.78, 5) is 0. The minimum absolute atomic E-state index is 0.521. The number of nitrogens with one attached hydrogen (secondary N) is 1. The Kier molecular flexibility index (Phi) is 4.62. The Labute approximate surface area is 75.7 Å². The van der Waals surface area contributed by atoms with E-state index in [9.17, 15) is 0 Å². The van der Waals surface area contributed by atoms with E-state index < -0.39 is 0 Å². The van der Waals surface area contributed by atoms with Gasteiger partial charge in [-0.15, -0.1) is 0 Å². The van der Waals surface area contributed by atoms with Crippen molar-refractivity contribution in [3.8, 4) is 0 Å². The van der Waals surface area contributed by atoms with E-state index in [1.54, 1.807) is 0 Å². The first-order valence-electron chi connectivity index (χ1n) is 5.16. The van der Waals surface area contributed by atoms with Crippen molar-refractivity contribution in [2.24, 2.45) is 0 Å². The second-order valence-corrected chi connectivity index (χ2v) is 3.71. The minimum Gasteiger partial charge on any atom is -0.380 e. The van der Waals surface area contributed by atoms with Crippen LogP contribution in [0.25, 0.3) is 0 Å². The summed E-state index contributed by atoms with van der Waals surface area (Å²) >= 11 is 0. The molecule has 1 rings (SSSR count). The predicted octanol–water partition coefficient (Wildman–Crippen LogP) is 1.94. The van der Waals surface area contributed by atoms with Crippen molar-refractivity contribution in [2.45, 2.75) is 51.6 Å². The Morgan fingerprint density at radius 3 is 2.67 bits per heavy atom. The summed E-state index contributed by atoms with van der Waals surface area (Å²) in [5.74, 6) is 0. The first-order chi connectivity index (χ1) is 5.83. The minimum atomic E-state index is 0.521. The van der Waals surface area contributed by atoms with Crippen LogP contribution in [0.5, 0.6) is 0 Å². The molecule has 12 heavy (non-hydrogen) atoms.